The molecule has 9 nitrogen and oxygen atoms in total. The zero-order valence-corrected chi connectivity index (χ0v) is 16.7. The number of nitrogens with one attached hydrogen (secondary N) is 2. The summed E-state index contributed by atoms with van der Waals surface area (Å²) < 4.78 is 18.2. The van der Waals surface area contributed by atoms with Gasteiger partial charge in [-0.25, -0.2) is 0 Å². The first kappa shape index (κ1) is 19.6. The summed E-state index contributed by atoms with van der Waals surface area (Å²) in [5, 5.41) is 9.71. The number of rotatable bonds is 5. The van der Waals surface area contributed by atoms with E-state index in [9.17, 15) is 9.59 Å². The van der Waals surface area contributed by atoms with E-state index in [0.29, 0.717) is 36.2 Å². The molecule has 2 amide bonds. The van der Waals surface area contributed by atoms with Crippen molar-refractivity contribution in [3.8, 4) is 11.5 Å². The van der Waals surface area contributed by atoms with Crippen molar-refractivity contribution in [1.29, 1.82) is 0 Å². The van der Waals surface area contributed by atoms with Gasteiger partial charge in [0.1, 0.15) is 25.0 Å². The van der Waals surface area contributed by atoms with Crippen molar-refractivity contribution in [2.24, 2.45) is 0 Å². The molecule has 1 atom stereocenters. The Morgan fingerprint density at radius 1 is 1.10 bits per heavy atom. The zero-order chi connectivity index (χ0) is 21.1. The first-order valence-corrected chi connectivity index (χ1v) is 9.56. The number of hydrogen-bond acceptors (Lipinski definition) is 6. The van der Waals surface area contributed by atoms with Gasteiger partial charge in [0, 0.05) is 24.0 Å². The van der Waals surface area contributed by atoms with Crippen LogP contribution in [-0.2, 0) is 9.59 Å². The van der Waals surface area contributed by atoms with E-state index in [1.807, 2.05) is 26.0 Å². The molecule has 0 spiro atoms. The highest BCUT2D eigenvalue weighted by Gasteiger charge is 2.23. The van der Waals surface area contributed by atoms with Crippen LogP contribution in [0.5, 0.6) is 11.5 Å². The van der Waals surface area contributed by atoms with Crippen molar-refractivity contribution in [1.82, 2.24) is 15.1 Å². The molecule has 2 N–H and O–H groups in total. The fourth-order valence-electron chi connectivity index (χ4n) is 3.33. The van der Waals surface area contributed by atoms with Crippen molar-refractivity contribution in [3.63, 3.8) is 0 Å². The first-order valence-electron chi connectivity index (χ1n) is 9.56. The highest BCUT2D eigenvalue weighted by molar-refractivity contribution is 6.39. The molecule has 1 aliphatic heterocycles. The second-order valence-corrected chi connectivity index (χ2v) is 6.93. The zero-order valence-electron chi connectivity index (χ0n) is 16.7. The van der Waals surface area contributed by atoms with Crippen LogP contribution in [-0.4, -0.2) is 41.4 Å². The van der Waals surface area contributed by atoms with Gasteiger partial charge in [-0.3, -0.25) is 14.3 Å². The summed E-state index contributed by atoms with van der Waals surface area (Å²) in [6, 6.07) is 10.1. The molecule has 1 unspecified atom stereocenters. The average Bonchev–Trinajstić information content (AvgIpc) is 3.38. The normalized spacial score (nSPS) is 13.5. The standard InChI is InChI=1S/C21H22N4O5/c1-13-10-14(2)25(24-13)16(17-4-3-7-28-17)12-22-20(26)21(27)23-15-5-6-18-19(11-15)30-9-8-29-18/h3-7,10-11,16H,8-9,12H2,1-2H3,(H,22,26)(H,23,27). The number of benzene rings is 1. The Bertz CT molecular complexity index is 1060. The maximum Gasteiger partial charge on any atom is 0.313 e. The van der Waals surface area contributed by atoms with E-state index in [1.54, 1.807) is 35.2 Å². The summed E-state index contributed by atoms with van der Waals surface area (Å²) in [6.45, 7) is 4.87. The minimum atomic E-state index is -0.779. The number of fused-ring (bicyclic) bond motifs is 1. The summed E-state index contributed by atoms with van der Waals surface area (Å²) in [7, 11) is 0. The van der Waals surface area contributed by atoms with Crippen LogP contribution in [0.15, 0.2) is 47.1 Å². The molecule has 3 heterocycles. The number of hydrogen-bond donors (Lipinski definition) is 2. The number of aryl methyl sites for hydroxylation is 2. The van der Waals surface area contributed by atoms with Gasteiger partial charge in [0.05, 0.1) is 12.0 Å². The predicted octanol–water partition coefficient (Wildman–Crippen LogP) is 2.21. The van der Waals surface area contributed by atoms with E-state index in [-0.39, 0.29) is 12.6 Å². The van der Waals surface area contributed by atoms with Crippen LogP contribution >= 0.6 is 0 Å². The lowest BCUT2D eigenvalue weighted by atomic mass is 10.2. The lowest BCUT2D eigenvalue weighted by molar-refractivity contribution is -0.136. The summed E-state index contributed by atoms with van der Waals surface area (Å²) >= 11 is 0. The number of nitrogens with zero attached hydrogens (tertiary/aromatic N) is 2. The van der Waals surface area contributed by atoms with Crippen molar-refractivity contribution in [2.75, 3.05) is 25.1 Å². The highest BCUT2D eigenvalue weighted by atomic mass is 16.6. The third-order valence-electron chi connectivity index (χ3n) is 4.67. The topological polar surface area (TPSA) is 108 Å². The van der Waals surface area contributed by atoms with E-state index in [4.69, 9.17) is 13.9 Å². The molecule has 156 valence electrons. The lowest BCUT2D eigenvalue weighted by Crippen LogP contribution is -2.39. The fraction of sp³-hybridized carbons (Fsp3) is 0.286. The maximum absolute atomic E-state index is 12.4. The van der Waals surface area contributed by atoms with Crippen LogP contribution in [0.2, 0.25) is 0 Å². The largest absolute Gasteiger partial charge is 0.486 e. The molecular formula is C21H22N4O5. The molecule has 0 aliphatic carbocycles. The predicted molar refractivity (Wildman–Crippen MR) is 108 cm³/mol. The quantitative estimate of drug-likeness (QED) is 0.625. The molecular weight excluding hydrogens is 388 g/mol. The average molecular weight is 410 g/mol. The number of furan rings is 1. The Morgan fingerprint density at radius 3 is 2.60 bits per heavy atom. The number of aromatic nitrogens is 2. The van der Waals surface area contributed by atoms with Crippen molar-refractivity contribution >= 4 is 17.5 Å². The van der Waals surface area contributed by atoms with Crippen LogP contribution in [0.25, 0.3) is 0 Å². The number of carbonyl (C=O) groups excluding carboxylic acids is 2. The van der Waals surface area contributed by atoms with Gasteiger partial charge in [-0.1, -0.05) is 0 Å². The maximum atomic E-state index is 12.4. The lowest BCUT2D eigenvalue weighted by Gasteiger charge is -2.19. The molecule has 3 aromatic rings. The highest BCUT2D eigenvalue weighted by Crippen LogP contribution is 2.32. The molecule has 0 bridgehead atoms. The number of amides is 2. The summed E-state index contributed by atoms with van der Waals surface area (Å²) in [5.74, 6) is 0.228. The van der Waals surface area contributed by atoms with Gasteiger partial charge in [0.2, 0.25) is 0 Å². The van der Waals surface area contributed by atoms with Gasteiger partial charge >= 0.3 is 11.8 Å². The third-order valence-corrected chi connectivity index (χ3v) is 4.67. The van der Waals surface area contributed by atoms with Gasteiger partial charge in [-0.15, -0.1) is 0 Å². The van der Waals surface area contributed by atoms with Crippen LogP contribution < -0.4 is 20.1 Å². The smallest absolute Gasteiger partial charge is 0.313 e. The molecule has 4 rings (SSSR count). The Balaban J connectivity index is 1.42. The van der Waals surface area contributed by atoms with Crippen molar-refractivity contribution in [2.45, 2.75) is 19.9 Å². The molecule has 1 aromatic carbocycles. The van der Waals surface area contributed by atoms with Crippen LogP contribution in [0.1, 0.15) is 23.2 Å². The van der Waals surface area contributed by atoms with E-state index in [1.165, 1.54) is 0 Å². The Hall–Kier alpha value is -3.75. The molecule has 1 aliphatic rings. The third kappa shape index (κ3) is 4.14. The van der Waals surface area contributed by atoms with E-state index >= 15 is 0 Å². The summed E-state index contributed by atoms with van der Waals surface area (Å²) in [4.78, 5) is 24.7. The van der Waals surface area contributed by atoms with E-state index < -0.39 is 11.8 Å². The molecule has 0 saturated heterocycles. The van der Waals surface area contributed by atoms with Crippen molar-refractivity contribution in [3.05, 3.63) is 59.8 Å². The summed E-state index contributed by atoms with van der Waals surface area (Å²) in [5.41, 5.74) is 2.22. The molecule has 0 saturated carbocycles. The van der Waals surface area contributed by atoms with Crippen LogP contribution in [0.4, 0.5) is 5.69 Å². The molecule has 9 heteroatoms. The molecule has 0 radical (unpaired) electrons. The van der Waals surface area contributed by atoms with Crippen LogP contribution in [0, 0.1) is 13.8 Å². The minimum absolute atomic E-state index is 0.142. The van der Waals surface area contributed by atoms with E-state index in [0.717, 1.165) is 11.4 Å². The van der Waals surface area contributed by atoms with Crippen molar-refractivity contribution < 1.29 is 23.5 Å². The molecule has 0 fully saturated rings. The van der Waals surface area contributed by atoms with Gasteiger partial charge < -0.3 is 24.5 Å². The second kappa shape index (κ2) is 8.32. The second-order valence-electron chi connectivity index (χ2n) is 6.93. The Labute approximate surface area is 173 Å². The van der Waals surface area contributed by atoms with E-state index in [2.05, 4.69) is 15.7 Å². The minimum Gasteiger partial charge on any atom is -0.486 e. The monoisotopic (exact) mass is 410 g/mol. The number of ether oxygens (including phenoxy) is 2. The Kier molecular flexibility index (Phi) is 5.42. The Morgan fingerprint density at radius 2 is 1.90 bits per heavy atom. The van der Waals surface area contributed by atoms with Gasteiger partial charge in [0.25, 0.3) is 0 Å². The fourth-order valence-corrected chi connectivity index (χ4v) is 3.33. The SMILES string of the molecule is Cc1cc(C)n(C(CNC(=O)C(=O)Nc2ccc3c(c2)OCCO3)c2ccco2)n1. The molecule has 30 heavy (non-hydrogen) atoms. The number of anilines is 1. The van der Waals surface area contributed by atoms with Gasteiger partial charge in [-0.05, 0) is 44.2 Å². The van der Waals surface area contributed by atoms with Gasteiger partial charge in [0.15, 0.2) is 11.5 Å². The van der Waals surface area contributed by atoms with Crippen LogP contribution in [0.3, 0.4) is 0 Å². The number of carbonyl (C=O) groups is 2. The van der Waals surface area contributed by atoms with Gasteiger partial charge in [-0.2, -0.15) is 5.10 Å². The summed E-state index contributed by atoms with van der Waals surface area (Å²) in [6.07, 6.45) is 1.56. The first-order chi connectivity index (χ1) is 14.5. The molecule has 2 aromatic heterocycles.